The molecule has 0 fully saturated rings. The van der Waals surface area contributed by atoms with Crippen molar-refractivity contribution >= 4 is 0 Å². The smallest absolute Gasteiger partial charge is 0.231 e. The molecular weight excluding hydrogens is 372 g/mol. The third kappa shape index (κ3) is 3.27. The summed E-state index contributed by atoms with van der Waals surface area (Å²) in [5.74, 6) is 2.13. The van der Waals surface area contributed by atoms with Crippen molar-refractivity contribution < 1.29 is 29.2 Å². The molecule has 2 aliphatic rings. The number of phenols is 2. The lowest BCUT2D eigenvalue weighted by atomic mass is 9.84. The van der Waals surface area contributed by atoms with Gasteiger partial charge < -0.3 is 29.2 Å². The Labute approximate surface area is 167 Å². The van der Waals surface area contributed by atoms with Crippen molar-refractivity contribution in [2.75, 3.05) is 13.6 Å². The summed E-state index contributed by atoms with van der Waals surface area (Å²) in [5, 5.41) is 21.4. The van der Waals surface area contributed by atoms with Gasteiger partial charge in [0.15, 0.2) is 23.0 Å². The first-order valence-electron chi connectivity index (χ1n) is 9.48. The minimum absolute atomic E-state index is 0.101. The van der Waals surface area contributed by atoms with E-state index < -0.39 is 0 Å². The van der Waals surface area contributed by atoms with Gasteiger partial charge in [-0.3, -0.25) is 0 Å². The molecule has 6 nitrogen and oxygen atoms in total. The lowest BCUT2D eigenvalue weighted by Gasteiger charge is -2.21. The second-order valence-corrected chi connectivity index (χ2v) is 7.11. The average molecular weight is 392 g/mol. The fourth-order valence-corrected chi connectivity index (χ4v) is 3.89. The van der Waals surface area contributed by atoms with E-state index in [2.05, 4.69) is 12.1 Å². The van der Waals surface area contributed by atoms with Gasteiger partial charge in [0.2, 0.25) is 13.6 Å². The van der Waals surface area contributed by atoms with Crippen molar-refractivity contribution in [2.24, 2.45) is 0 Å². The number of fused-ring (bicyclic) bond motifs is 2. The Kier molecular flexibility index (Phi) is 4.31. The number of hydrogen-bond donors (Lipinski definition) is 2. The highest BCUT2D eigenvalue weighted by molar-refractivity contribution is 5.58. The van der Waals surface area contributed by atoms with E-state index in [0.717, 1.165) is 6.42 Å². The number of hydrogen-bond acceptors (Lipinski definition) is 6. The molecule has 5 rings (SSSR count). The molecule has 2 aliphatic heterocycles. The van der Waals surface area contributed by atoms with E-state index in [9.17, 15) is 10.2 Å². The predicted molar refractivity (Wildman–Crippen MR) is 105 cm³/mol. The van der Waals surface area contributed by atoms with Crippen molar-refractivity contribution in [3.8, 4) is 34.5 Å². The van der Waals surface area contributed by atoms with E-state index in [-0.39, 0.29) is 31.0 Å². The van der Waals surface area contributed by atoms with E-state index in [4.69, 9.17) is 18.9 Å². The molecule has 0 atom stereocenters. The molecule has 148 valence electrons. The monoisotopic (exact) mass is 392 g/mol. The molecule has 3 aromatic rings. The average Bonchev–Trinajstić information content (AvgIpc) is 3.37. The van der Waals surface area contributed by atoms with Gasteiger partial charge in [-0.15, -0.1) is 0 Å². The Balaban J connectivity index is 1.57. The summed E-state index contributed by atoms with van der Waals surface area (Å²) < 4.78 is 21.7. The first kappa shape index (κ1) is 17.6. The lowest BCUT2D eigenvalue weighted by molar-refractivity contribution is 0.173. The van der Waals surface area contributed by atoms with Crippen LogP contribution in [0.15, 0.2) is 54.6 Å². The second-order valence-electron chi connectivity index (χ2n) is 7.11. The molecule has 0 saturated heterocycles. The lowest BCUT2D eigenvalue weighted by Crippen LogP contribution is -2.05. The van der Waals surface area contributed by atoms with E-state index in [0.29, 0.717) is 40.5 Å². The highest BCUT2D eigenvalue weighted by Crippen LogP contribution is 2.47. The van der Waals surface area contributed by atoms with Crippen molar-refractivity contribution in [1.82, 2.24) is 0 Å². The SMILES string of the molecule is Oc1cc2c(cc1C(CCc1ccccc1)c1cc3c(cc1O)OCO3)OCO2. The van der Waals surface area contributed by atoms with Crippen LogP contribution in [0.2, 0.25) is 0 Å². The molecule has 0 aromatic heterocycles. The molecule has 0 bridgehead atoms. The summed E-state index contributed by atoms with van der Waals surface area (Å²) in [6.07, 6.45) is 1.44. The molecule has 2 N–H and O–H groups in total. The van der Waals surface area contributed by atoms with Crippen LogP contribution in [0.3, 0.4) is 0 Å². The zero-order chi connectivity index (χ0) is 19.8. The van der Waals surface area contributed by atoms with Gasteiger partial charge in [-0.1, -0.05) is 30.3 Å². The third-order valence-corrected chi connectivity index (χ3v) is 5.36. The van der Waals surface area contributed by atoms with Crippen LogP contribution in [-0.2, 0) is 6.42 Å². The normalized spacial score (nSPS) is 13.8. The largest absolute Gasteiger partial charge is 0.508 e. The number of rotatable bonds is 5. The number of phenolic OH excluding ortho intramolecular Hbond substituents is 2. The van der Waals surface area contributed by atoms with Gasteiger partial charge in [0.1, 0.15) is 11.5 Å². The topological polar surface area (TPSA) is 77.4 Å². The molecule has 3 aromatic carbocycles. The number of aromatic hydroxyl groups is 2. The fraction of sp³-hybridized carbons (Fsp3) is 0.217. The van der Waals surface area contributed by atoms with E-state index in [1.54, 1.807) is 24.3 Å². The molecule has 0 radical (unpaired) electrons. The maximum atomic E-state index is 10.7. The zero-order valence-corrected chi connectivity index (χ0v) is 15.6. The van der Waals surface area contributed by atoms with Gasteiger partial charge >= 0.3 is 0 Å². The van der Waals surface area contributed by atoms with Crippen molar-refractivity contribution in [2.45, 2.75) is 18.8 Å². The molecule has 0 saturated carbocycles. The predicted octanol–water partition coefficient (Wildman–Crippen LogP) is 4.32. The van der Waals surface area contributed by atoms with Gasteiger partial charge in [-0.2, -0.15) is 0 Å². The van der Waals surface area contributed by atoms with Crippen LogP contribution in [0.25, 0.3) is 0 Å². The van der Waals surface area contributed by atoms with Gasteiger partial charge in [0.25, 0.3) is 0 Å². The van der Waals surface area contributed by atoms with Crippen molar-refractivity contribution in [1.29, 1.82) is 0 Å². The van der Waals surface area contributed by atoms with Crippen LogP contribution in [0, 0.1) is 0 Å². The van der Waals surface area contributed by atoms with Crippen LogP contribution in [-0.4, -0.2) is 23.8 Å². The van der Waals surface area contributed by atoms with Crippen LogP contribution < -0.4 is 18.9 Å². The van der Waals surface area contributed by atoms with Gasteiger partial charge in [-0.05, 0) is 30.5 Å². The van der Waals surface area contributed by atoms with Crippen LogP contribution in [0.1, 0.15) is 29.0 Å². The third-order valence-electron chi connectivity index (χ3n) is 5.36. The Morgan fingerprint density at radius 2 is 1.17 bits per heavy atom. The number of ether oxygens (including phenoxy) is 4. The number of aryl methyl sites for hydroxylation is 1. The standard InChI is InChI=1S/C23H20O6/c24-18-10-22-20(26-12-28-22)8-16(18)15(7-6-14-4-2-1-3-5-14)17-9-21-23(11-19(17)25)29-13-27-21/h1-5,8-11,15,24-25H,6-7,12-13H2. The summed E-state index contributed by atoms with van der Waals surface area (Å²) >= 11 is 0. The van der Waals surface area contributed by atoms with Gasteiger partial charge in [0, 0.05) is 29.2 Å². The van der Waals surface area contributed by atoms with Crippen molar-refractivity contribution in [3.63, 3.8) is 0 Å². The Morgan fingerprint density at radius 3 is 1.69 bits per heavy atom. The molecular formula is C23H20O6. The minimum Gasteiger partial charge on any atom is -0.508 e. The Hall–Kier alpha value is -3.54. The zero-order valence-electron chi connectivity index (χ0n) is 15.6. The van der Waals surface area contributed by atoms with Crippen LogP contribution in [0.4, 0.5) is 0 Å². The molecule has 29 heavy (non-hydrogen) atoms. The first-order chi connectivity index (χ1) is 14.2. The Morgan fingerprint density at radius 1 is 0.690 bits per heavy atom. The fourth-order valence-electron chi connectivity index (χ4n) is 3.89. The highest BCUT2D eigenvalue weighted by Gasteiger charge is 2.27. The molecule has 0 spiro atoms. The summed E-state index contributed by atoms with van der Waals surface area (Å²) in [4.78, 5) is 0. The van der Waals surface area contributed by atoms with Gasteiger partial charge in [-0.25, -0.2) is 0 Å². The van der Waals surface area contributed by atoms with E-state index in [1.807, 2.05) is 18.2 Å². The first-order valence-corrected chi connectivity index (χ1v) is 9.48. The molecule has 0 amide bonds. The second kappa shape index (κ2) is 7.13. The van der Waals surface area contributed by atoms with Crippen molar-refractivity contribution in [3.05, 3.63) is 71.3 Å². The maximum Gasteiger partial charge on any atom is 0.231 e. The van der Waals surface area contributed by atoms with E-state index >= 15 is 0 Å². The van der Waals surface area contributed by atoms with Crippen LogP contribution >= 0.6 is 0 Å². The summed E-state index contributed by atoms with van der Waals surface area (Å²) in [5.41, 5.74) is 2.51. The Bertz CT molecular complexity index is 983. The molecule has 2 heterocycles. The molecule has 0 aliphatic carbocycles. The van der Waals surface area contributed by atoms with E-state index in [1.165, 1.54) is 5.56 Å². The maximum absolute atomic E-state index is 10.7. The summed E-state index contributed by atoms with van der Waals surface area (Å²) in [7, 11) is 0. The summed E-state index contributed by atoms with van der Waals surface area (Å²) in [6.45, 7) is 0.254. The highest BCUT2D eigenvalue weighted by atomic mass is 16.7. The van der Waals surface area contributed by atoms with Crippen LogP contribution in [0.5, 0.6) is 34.5 Å². The number of benzene rings is 3. The molecule has 6 heteroatoms. The minimum atomic E-state index is -0.279. The quantitative estimate of drug-likeness (QED) is 0.673. The van der Waals surface area contributed by atoms with Gasteiger partial charge in [0.05, 0.1) is 0 Å². The molecule has 0 unspecified atom stereocenters. The summed E-state index contributed by atoms with van der Waals surface area (Å²) in [6, 6.07) is 16.8.